The van der Waals surface area contributed by atoms with Gasteiger partial charge in [0.15, 0.2) is 11.4 Å². The summed E-state index contributed by atoms with van der Waals surface area (Å²) in [5.74, 6) is -0.477. The van der Waals surface area contributed by atoms with E-state index in [2.05, 4.69) is 20.8 Å². The first-order chi connectivity index (χ1) is 28.1. The summed E-state index contributed by atoms with van der Waals surface area (Å²) in [6.45, 7) is 1.14. The van der Waals surface area contributed by atoms with Gasteiger partial charge >= 0.3 is 0 Å². The van der Waals surface area contributed by atoms with Crippen molar-refractivity contribution >= 4 is 81.4 Å². The zero-order valence-corrected chi connectivity index (χ0v) is 36.1. The lowest BCUT2D eigenvalue weighted by Crippen LogP contribution is -2.25. The van der Waals surface area contributed by atoms with Crippen LogP contribution in [0.1, 0.15) is 85.2 Å². The molecule has 2 aromatic heterocycles. The highest BCUT2D eigenvalue weighted by atomic mass is 35.5. The summed E-state index contributed by atoms with van der Waals surface area (Å²) in [6, 6.07) is 28.5. The van der Waals surface area contributed by atoms with Crippen molar-refractivity contribution in [3.8, 4) is 33.9 Å². The quantitative estimate of drug-likeness (QED) is 0.0792. The second-order valence-electron chi connectivity index (χ2n) is 13.9. The van der Waals surface area contributed by atoms with E-state index in [0.29, 0.717) is 77.4 Å². The molecule has 4 aromatic carbocycles. The lowest BCUT2D eigenvalue weighted by Gasteiger charge is -2.10. The van der Waals surface area contributed by atoms with Crippen LogP contribution in [0.25, 0.3) is 33.9 Å². The fourth-order valence-corrected chi connectivity index (χ4v) is 7.79. The summed E-state index contributed by atoms with van der Waals surface area (Å²) in [4.78, 5) is 26.2. The molecule has 6 rings (SSSR count). The van der Waals surface area contributed by atoms with Crippen molar-refractivity contribution < 1.29 is 9.59 Å². The van der Waals surface area contributed by atoms with E-state index in [-0.39, 0.29) is 11.8 Å². The van der Waals surface area contributed by atoms with Gasteiger partial charge in [0.25, 0.3) is 11.8 Å². The first-order valence-corrected chi connectivity index (χ1v) is 21.5. The normalized spacial score (nSPS) is 11.2. The predicted molar refractivity (Wildman–Crippen MR) is 239 cm³/mol. The zero-order chi connectivity index (χ0) is 41.0. The topological polar surface area (TPSA) is 93.8 Å². The number of rotatable bonds is 19. The number of halogens is 6. The Morgan fingerprint density at radius 2 is 0.759 bits per heavy atom. The number of nitrogens with zero attached hydrogens (tertiary/aromatic N) is 4. The Kier molecular flexibility index (Phi) is 16.0. The summed E-state index contributed by atoms with van der Waals surface area (Å²) in [7, 11) is 0. The van der Waals surface area contributed by atoms with Gasteiger partial charge in [0.05, 0.1) is 32.8 Å². The van der Waals surface area contributed by atoms with Gasteiger partial charge in [-0.2, -0.15) is 10.2 Å². The summed E-state index contributed by atoms with van der Waals surface area (Å²) < 4.78 is 3.32. The average molecular weight is 900 g/mol. The van der Waals surface area contributed by atoms with Gasteiger partial charge in [-0.05, 0) is 85.6 Å². The van der Waals surface area contributed by atoms with Crippen LogP contribution in [0.5, 0.6) is 0 Å². The van der Waals surface area contributed by atoms with Crippen molar-refractivity contribution in [3.63, 3.8) is 0 Å². The molecule has 14 heteroatoms. The average Bonchev–Trinajstić information content (AvgIpc) is 3.85. The van der Waals surface area contributed by atoms with E-state index in [9.17, 15) is 9.59 Å². The Bertz CT molecular complexity index is 2160. The maximum Gasteiger partial charge on any atom is 0.271 e. The number of aromatic nitrogens is 4. The number of amides is 2. The minimum atomic E-state index is -0.239. The molecule has 0 spiro atoms. The molecule has 2 heterocycles. The fraction of sp³-hybridized carbons (Fsp3) is 0.273. The predicted octanol–water partition coefficient (Wildman–Crippen LogP) is 13.4. The number of unbranched alkanes of at least 4 members (excludes halogenated alkanes) is 9. The van der Waals surface area contributed by atoms with Crippen LogP contribution in [-0.4, -0.2) is 44.5 Å². The van der Waals surface area contributed by atoms with Crippen molar-refractivity contribution in [2.24, 2.45) is 0 Å². The molecule has 2 N–H and O–H groups in total. The van der Waals surface area contributed by atoms with E-state index in [1.165, 1.54) is 12.8 Å². The van der Waals surface area contributed by atoms with E-state index in [1.807, 2.05) is 24.3 Å². The van der Waals surface area contributed by atoms with Gasteiger partial charge in [-0.15, -0.1) is 0 Å². The van der Waals surface area contributed by atoms with E-state index in [4.69, 9.17) is 69.6 Å². The molecule has 0 fully saturated rings. The monoisotopic (exact) mass is 896 g/mol. The van der Waals surface area contributed by atoms with E-state index in [0.717, 1.165) is 62.5 Å². The third-order valence-corrected chi connectivity index (χ3v) is 11.2. The van der Waals surface area contributed by atoms with E-state index < -0.39 is 0 Å². The van der Waals surface area contributed by atoms with Gasteiger partial charge in [0, 0.05) is 44.3 Å². The second-order valence-corrected chi connectivity index (χ2v) is 16.5. The molecule has 0 aliphatic rings. The van der Waals surface area contributed by atoms with Gasteiger partial charge in [-0.25, -0.2) is 9.36 Å². The molecule has 0 atom stereocenters. The summed E-state index contributed by atoms with van der Waals surface area (Å²) in [5, 5.41) is 18.4. The van der Waals surface area contributed by atoms with E-state index in [1.54, 1.807) is 82.2 Å². The first-order valence-electron chi connectivity index (χ1n) is 19.3. The highest BCUT2D eigenvalue weighted by molar-refractivity contribution is 6.36. The molecule has 0 aliphatic heterocycles. The molecule has 0 bridgehead atoms. The van der Waals surface area contributed by atoms with Crippen LogP contribution in [0.4, 0.5) is 0 Å². The van der Waals surface area contributed by atoms with Crippen molar-refractivity contribution in [1.29, 1.82) is 0 Å². The van der Waals surface area contributed by atoms with Crippen LogP contribution in [-0.2, 0) is 0 Å². The third-order valence-electron chi connectivity index (χ3n) is 9.61. The molecule has 58 heavy (non-hydrogen) atoms. The zero-order valence-electron chi connectivity index (χ0n) is 31.6. The molecule has 0 saturated carbocycles. The first kappa shape index (κ1) is 43.6. The van der Waals surface area contributed by atoms with Crippen molar-refractivity contribution in [2.75, 3.05) is 13.1 Å². The van der Waals surface area contributed by atoms with Crippen LogP contribution in [0.2, 0.25) is 30.1 Å². The summed E-state index contributed by atoms with van der Waals surface area (Å²) in [6.07, 6.45) is 10.8. The third kappa shape index (κ3) is 11.8. The smallest absolute Gasteiger partial charge is 0.271 e. The van der Waals surface area contributed by atoms with Gasteiger partial charge in [-0.1, -0.05) is 145 Å². The molecular weight excluding hydrogens is 857 g/mol. The number of hydrogen-bond acceptors (Lipinski definition) is 4. The standard InChI is InChI=1S/C44H42Cl6N6O2/c45-31-15-11-29(12-16-31)41-27-37(53-55(41)39-21-19-33(47)25-35(39)49)43(57)51-23-9-7-5-3-1-2-4-6-8-10-24-52-44(58)38-28-42(30-13-17-32(46)18-14-30)56(54-38)40-22-20-34(48)26-36(40)50/h11-22,25-28H,1-10,23-24H2,(H,51,57)(H,52,58). The number of nitrogens with one attached hydrogen (secondary N) is 2. The van der Waals surface area contributed by atoms with Gasteiger partial charge in [0.2, 0.25) is 0 Å². The Morgan fingerprint density at radius 1 is 0.431 bits per heavy atom. The van der Waals surface area contributed by atoms with Crippen LogP contribution in [0.15, 0.2) is 97.1 Å². The number of carbonyl (C=O) groups is 2. The molecule has 0 radical (unpaired) electrons. The minimum Gasteiger partial charge on any atom is -0.351 e. The largest absolute Gasteiger partial charge is 0.351 e. The number of benzene rings is 4. The van der Waals surface area contributed by atoms with E-state index >= 15 is 0 Å². The number of hydrogen-bond donors (Lipinski definition) is 2. The molecule has 6 aromatic rings. The second kappa shape index (κ2) is 21.3. The highest BCUT2D eigenvalue weighted by Crippen LogP contribution is 2.32. The molecular formula is C44H42Cl6N6O2. The van der Waals surface area contributed by atoms with Crippen LogP contribution < -0.4 is 10.6 Å². The fourth-order valence-electron chi connectivity index (χ4n) is 6.56. The Balaban J connectivity index is 0.859. The van der Waals surface area contributed by atoms with Crippen LogP contribution in [0.3, 0.4) is 0 Å². The summed E-state index contributed by atoms with van der Waals surface area (Å²) in [5.41, 5.74) is 4.95. The van der Waals surface area contributed by atoms with Crippen molar-refractivity contribution in [1.82, 2.24) is 30.2 Å². The van der Waals surface area contributed by atoms with Crippen molar-refractivity contribution in [2.45, 2.75) is 64.2 Å². The molecule has 0 unspecified atom stereocenters. The maximum absolute atomic E-state index is 13.1. The summed E-state index contributed by atoms with van der Waals surface area (Å²) >= 11 is 37.5. The lowest BCUT2D eigenvalue weighted by molar-refractivity contribution is 0.0939. The molecule has 2 amide bonds. The van der Waals surface area contributed by atoms with Crippen LogP contribution >= 0.6 is 69.6 Å². The molecule has 8 nitrogen and oxygen atoms in total. The number of carbonyl (C=O) groups excluding carboxylic acids is 2. The lowest BCUT2D eigenvalue weighted by atomic mass is 10.1. The van der Waals surface area contributed by atoms with Gasteiger partial charge in [-0.3, -0.25) is 9.59 Å². The Morgan fingerprint density at radius 3 is 1.10 bits per heavy atom. The highest BCUT2D eigenvalue weighted by Gasteiger charge is 2.20. The SMILES string of the molecule is O=C(NCCCCCCCCCCCCNC(=O)c1cc(-c2ccc(Cl)cc2)n(-c2ccc(Cl)cc2Cl)n1)c1cc(-c2ccc(Cl)cc2)n(-c2ccc(Cl)cc2Cl)n1. The Hall–Kier alpha value is -4.02. The maximum atomic E-state index is 13.1. The molecule has 0 aliphatic carbocycles. The van der Waals surface area contributed by atoms with Crippen LogP contribution in [0, 0.1) is 0 Å². The molecule has 302 valence electrons. The van der Waals surface area contributed by atoms with Gasteiger partial charge < -0.3 is 10.6 Å². The van der Waals surface area contributed by atoms with Gasteiger partial charge in [0.1, 0.15) is 0 Å². The Labute approximate surface area is 368 Å². The van der Waals surface area contributed by atoms with Crippen molar-refractivity contribution in [3.05, 3.63) is 139 Å². The minimum absolute atomic E-state index is 0.239. The molecule has 0 saturated heterocycles.